The molecule has 0 bridgehead atoms. The lowest BCUT2D eigenvalue weighted by atomic mass is 10.4. The second-order valence-electron chi connectivity index (χ2n) is 4.59. The Bertz CT molecular complexity index is 652. The van der Waals surface area contributed by atoms with Crippen LogP contribution in [0.2, 0.25) is 0 Å². The summed E-state index contributed by atoms with van der Waals surface area (Å²) in [7, 11) is -3.53. The first-order valence-corrected chi connectivity index (χ1v) is 10.5. The van der Waals surface area contributed by atoms with Crippen LogP contribution in [0.15, 0.2) is 68.1 Å². The highest BCUT2D eigenvalue weighted by Gasteiger charge is 2.17. The smallest absolute Gasteiger partial charge is 0.206 e. The maximum absolute atomic E-state index is 12.6. The molecule has 7 heteroatoms. The lowest BCUT2D eigenvalue weighted by Crippen LogP contribution is -2.01. The second-order valence-corrected chi connectivity index (χ2v) is 8.88. The molecule has 2 rings (SSSR count). The topological polar surface area (TPSA) is 74.6 Å². The van der Waals surface area contributed by atoms with Crippen molar-refractivity contribution >= 4 is 33.4 Å². The molecule has 0 amide bonds. The summed E-state index contributed by atoms with van der Waals surface area (Å²) < 4.78 is 25.2. The summed E-state index contributed by atoms with van der Waals surface area (Å²) >= 11 is 2.95. The van der Waals surface area contributed by atoms with Crippen molar-refractivity contribution in [2.45, 2.75) is 19.6 Å². The number of benzene rings is 2. The van der Waals surface area contributed by atoms with Crippen molar-refractivity contribution in [2.24, 2.45) is 0 Å². The van der Waals surface area contributed by atoms with Crippen LogP contribution in [0, 0.1) is 0 Å². The first kappa shape index (κ1) is 18.4. The third kappa shape index (κ3) is 4.99. The molecule has 23 heavy (non-hydrogen) atoms. The van der Waals surface area contributed by atoms with Gasteiger partial charge in [-0.15, -0.1) is 23.5 Å². The third-order valence-corrected chi connectivity index (χ3v) is 6.76. The summed E-state index contributed by atoms with van der Waals surface area (Å²) in [6.45, 7) is 0.177. The highest BCUT2D eigenvalue weighted by atomic mass is 32.2. The minimum atomic E-state index is -3.53. The summed E-state index contributed by atoms with van der Waals surface area (Å²) in [4.78, 5) is 2.35. The van der Waals surface area contributed by atoms with Gasteiger partial charge in [0.1, 0.15) is 0 Å². The van der Waals surface area contributed by atoms with Gasteiger partial charge in [0.2, 0.25) is 9.84 Å². The Labute approximate surface area is 144 Å². The SMILES string of the molecule is O=S(=O)(c1ccc(SCCO)cc1)c1ccc(SCCO)cc1. The van der Waals surface area contributed by atoms with E-state index in [1.807, 2.05) is 0 Å². The van der Waals surface area contributed by atoms with Crippen molar-refractivity contribution in [1.29, 1.82) is 0 Å². The molecule has 0 spiro atoms. The van der Waals surface area contributed by atoms with Crippen LogP contribution < -0.4 is 0 Å². The molecule has 2 aromatic carbocycles. The molecular weight excluding hydrogens is 352 g/mol. The number of rotatable bonds is 8. The van der Waals surface area contributed by atoms with Gasteiger partial charge in [-0.1, -0.05) is 0 Å². The molecule has 124 valence electrons. The van der Waals surface area contributed by atoms with Crippen LogP contribution in [0.1, 0.15) is 0 Å². The van der Waals surface area contributed by atoms with Gasteiger partial charge in [-0.2, -0.15) is 0 Å². The highest BCUT2D eigenvalue weighted by Crippen LogP contribution is 2.26. The fraction of sp³-hybridized carbons (Fsp3) is 0.250. The fourth-order valence-corrected chi connectivity index (χ4v) is 4.47. The molecular formula is C16H18O4S3. The maximum atomic E-state index is 12.6. The van der Waals surface area contributed by atoms with Crippen LogP contribution in [0.3, 0.4) is 0 Å². The van der Waals surface area contributed by atoms with Crippen LogP contribution in [0.25, 0.3) is 0 Å². The summed E-state index contributed by atoms with van der Waals surface area (Å²) in [5.41, 5.74) is 0. The Morgan fingerprint density at radius 3 is 1.35 bits per heavy atom. The van der Waals surface area contributed by atoms with Crippen LogP contribution >= 0.6 is 23.5 Å². The van der Waals surface area contributed by atoms with Crippen LogP contribution in [0.5, 0.6) is 0 Å². The number of sulfone groups is 1. The first-order chi connectivity index (χ1) is 11.1. The normalized spacial score (nSPS) is 11.6. The molecule has 0 aliphatic heterocycles. The largest absolute Gasteiger partial charge is 0.396 e. The van der Waals surface area contributed by atoms with Gasteiger partial charge in [-0.05, 0) is 48.5 Å². The van der Waals surface area contributed by atoms with E-state index in [9.17, 15) is 8.42 Å². The van der Waals surface area contributed by atoms with Crippen molar-refractivity contribution in [3.05, 3.63) is 48.5 Å². The van der Waals surface area contributed by atoms with E-state index < -0.39 is 9.84 Å². The molecule has 0 saturated heterocycles. The van der Waals surface area contributed by atoms with Gasteiger partial charge in [-0.3, -0.25) is 0 Å². The molecule has 0 aromatic heterocycles. The standard InChI is InChI=1S/C16H18O4S3/c17-9-11-21-13-1-5-15(6-2-13)23(19,20)16-7-3-14(4-8-16)22-12-10-18/h1-8,17-18H,9-12H2. The number of hydrogen-bond acceptors (Lipinski definition) is 6. The Hall–Kier alpha value is -0.990. The van der Waals surface area contributed by atoms with E-state index in [2.05, 4.69) is 0 Å². The number of hydrogen-bond donors (Lipinski definition) is 2. The molecule has 0 radical (unpaired) electrons. The van der Waals surface area contributed by atoms with E-state index >= 15 is 0 Å². The van der Waals surface area contributed by atoms with Gasteiger partial charge >= 0.3 is 0 Å². The van der Waals surface area contributed by atoms with Crippen molar-refractivity contribution in [3.63, 3.8) is 0 Å². The predicted molar refractivity (Wildman–Crippen MR) is 94.0 cm³/mol. The molecule has 0 aliphatic carbocycles. The summed E-state index contributed by atoms with van der Waals surface area (Å²) in [5.74, 6) is 1.16. The van der Waals surface area contributed by atoms with Crippen LogP contribution in [-0.2, 0) is 9.84 Å². The molecule has 2 N–H and O–H groups in total. The van der Waals surface area contributed by atoms with Gasteiger partial charge in [0.05, 0.1) is 23.0 Å². The molecule has 4 nitrogen and oxygen atoms in total. The van der Waals surface area contributed by atoms with E-state index in [-0.39, 0.29) is 23.0 Å². The average Bonchev–Trinajstić information content (AvgIpc) is 2.59. The van der Waals surface area contributed by atoms with E-state index in [1.54, 1.807) is 48.5 Å². The molecule has 0 aliphatic rings. The minimum Gasteiger partial charge on any atom is -0.396 e. The predicted octanol–water partition coefficient (Wildman–Crippen LogP) is 2.69. The van der Waals surface area contributed by atoms with Crippen molar-refractivity contribution in [3.8, 4) is 0 Å². The number of thioether (sulfide) groups is 2. The van der Waals surface area contributed by atoms with E-state index in [0.717, 1.165) is 9.79 Å². The molecule has 0 saturated carbocycles. The van der Waals surface area contributed by atoms with Gasteiger partial charge in [-0.25, -0.2) is 8.42 Å². The monoisotopic (exact) mass is 370 g/mol. The molecule has 0 fully saturated rings. The Morgan fingerprint density at radius 2 is 1.04 bits per heavy atom. The van der Waals surface area contributed by atoms with Gasteiger partial charge in [0.15, 0.2) is 0 Å². The Kier molecular flexibility index (Phi) is 6.98. The lowest BCUT2D eigenvalue weighted by Gasteiger charge is -2.07. The summed E-state index contributed by atoms with van der Waals surface area (Å²) in [6.07, 6.45) is 0. The summed E-state index contributed by atoms with van der Waals surface area (Å²) in [6, 6.07) is 13.3. The van der Waals surface area contributed by atoms with Crippen molar-refractivity contribution in [2.75, 3.05) is 24.7 Å². The maximum Gasteiger partial charge on any atom is 0.206 e. The van der Waals surface area contributed by atoms with Crippen molar-refractivity contribution < 1.29 is 18.6 Å². The highest BCUT2D eigenvalue weighted by molar-refractivity contribution is 7.99. The molecule has 2 aromatic rings. The van der Waals surface area contributed by atoms with E-state index in [0.29, 0.717) is 11.5 Å². The molecule has 0 unspecified atom stereocenters. The van der Waals surface area contributed by atoms with Crippen molar-refractivity contribution in [1.82, 2.24) is 0 Å². The first-order valence-electron chi connectivity index (χ1n) is 7.00. The average molecular weight is 371 g/mol. The fourth-order valence-electron chi connectivity index (χ4n) is 1.89. The zero-order valence-electron chi connectivity index (χ0n) is 12.4. The van der Waals surface area contributed by atoms with Crippen LogP contribution in [0.4, 0.5) is 0 Å². The zero-order chi connectivity index (χ0) is 16.7. The minimum absolute atomic E-state index is 0.0886. The number of aliphatic hydroxyl groups is 2. The number of aliphatic hydroxyl groups excluding tert-OH is 2. The van der Waals surface area contributed by atoms with Gasteiger partial charge in [0, 0.05) is 21.3 Å². The Morgan fingerprint density at radius 1 is 0.696 bits per heavy atom. The van der Waals surface area contributed by atoms with Crippen LogP contribution in [-0.4, -0.2) is 43.4 Å². The quantitative estimate of drug-likeness (QED) is 0.696. The zero-order valence-corrected chi connectivity index (χ0v) is 14.8. The third-order valence-electron chi connectivity index (χ3n) is 2.99. The second kappa shape index (κ2) is 8.75. The van der Waals surface area contributed by atoms with E-state index in [1.165, 1.54) is 23.5 Å². The molecule has 0 atom stereocenters. The van der Waals surface area contributed by atoms with Gasteiger partial charge in [0.25, 0.3) is 0 Å². The molecule has 0 heterocycles. The van der Waals surface area contributed by atoms with Gasteiger partial charge < -0.3 is 10.2 Å². The Balaban J connectivity index is 2.17. The summed E-state index contributed by atoms with van der Waals surface area (Å²) in [5, 5.41) is 17.6. The van der Waals surface area contributed by atoms with E-state index in [4.69, 9.17) is 10.2 Å². The lowest BCUT2D eigenvalue weighted by molar-refractivity contribution is 0.322.